The first-order chi connectivity index (χ1) is 13.0. The molecule has 0 atom stereocenters. The van der Waals surface area contributed by atoms with Gasteiger partial charge in [-0.1, -0.05) is 39.8 Å². The van der Waals surface area contributed by atoms with E-state index in [2.05, 4.69) is 31.4 Å². The van der Waals surface area contributed by atoms with Crippen molar-refractivity contribution in [2.75, 3.05) is 11.1 Å². The Labute approximate surface area is 167 Å². The van der Waals surface area contributed by atoms with Gasteiger partial charge in [-0.05, 0) is 37.3 Å². The second kappa shape index (κ2) is 8.62. The number of rotatable bonds is 6. The highest BCUT2D eigenvalue weighted by Crippen LogP contribution is 2.25. The van der Waals surface area contributed by atoms with Crippen molar-refractivity contribution in [2.24, 2.45) is 0 Å². The lowest BCUT2D eigenvalue weighted by Gasteiger charge is -2.08. The van der Waals surface area contributed by atoms with Gasteiger partial charge in [0.1, 0.15) is 11.6 Å². The molecule has 0 fully saturated rings. The van der Waals surface area contributed by atoms with Crippen molar-refractivity contribution in [3.8, 4) is 11.4 Å². The molecular formula is C18H15BrF2N4OS. The van der Waals surface area contributed by atoms with Crippen molar-refractivity contribution < 1.29 is 13.6 Å². The lowest BCUT2D eigenvalue weighted by Crippen LogP contribution is -2.15. The average Bonchev–Trinajstić information content (AvgIpc) is 3.05. The van der Waals surface area contributed by atoms with Crippen LogP contribution in [0.15, 0.2) is 52.1 Å². The van der Waals surface area contributed by atoms with Crippen LogP contribution < -0.4 is 5.32 Å². The van der Waals surface area contributed by atoms with Gasteiger partial charge in [-0.2, -0.15) is 0 Å². The molecular weight excluding hydrogens is 438 g/mol. The fraction of sp³-hybridized carbons (Fsp3) is 0.167. The highest BCUT2D eigenvalue weighted by Gasteiger charge is 2.15. The summed E-state index contributed by atoms with van der Waals surface area (Å²) in [6, 6.07) is 10.5. The van der Waals surface area contributed by atoms with Crippen molar-refractivity contribution >= 4 is 39.3 Å². The molecule has 5 nitrogen and oxygen atoms in total. The van der Waals surface area contributed by atoms with Crippen molar-refractivity contribution in [3.63, 3.8) is 0 Å². The van der Waals surface area contributed by atoms with Crippen LogP contribution in [-0.4, -0.2) is 26.4 Å². The summed E-state index contributed by atoms with van der Waals surface area (Å²) in [7, 11) is 0. The van der Waals surface area contributed by atoms with Gasteiger partial charge < -0.3 is 9.88 Å². The summed E-state index contributed by atoms with van der Waals surface area (Å²) in [5.74, 6) is -0.675. The van der Waals surface area contributed by atoms with Crippen LogP contribution in [0.4, 0.5) is 14.5 Å². The van der Waals surface area contributed by atoms with Gasteiger partial charge in [0.05, 0.1) is 11.4 Å². The molecule has 3 rings (SSSR count). The second-order valence-corrected chi connectivity index (χ2v) is 7.38. The number of hydrogen-bond acceptors (Lipinski definition) is 4. The van der Waals surface area contributed by atoms with Gasteiger partial charge in [-0.15, -0.1) is 10.2 Å². The molecule has 1 N–H and O–H groups in total. The Kier molecular flexibility index (Phi) is 6.22. The zero-order valence-corrected chi connectivity index (χ0v) is 16.7. The van der Waals surface area contributed by atoms with Gasteiger partial charge in [0, 0.05) is 16.6 Å². The van der Waals surface area contributed by atoms with Gasteiger partial charge in [0.25, 0.3) is 0 Å². The van der Waals surface area contributed by atoms with Crippen molar-refractivity contribution in [1.82, 2.24) is 14.8 Å². The fourth-order valence-corrected chi connectivity index (χ4v) is 3.56. The first kappa shape index (κ1) is 19.5. The Hall–Kier alpha value is -2.26. The van der Waals surface area contributed by atoms with Crippen LogP contribution in [0.3, 0.4) is 0 Å². The van der Waals surface area contributed by atoms with E-state index in [0.717, 1.165) is 0 Å². The molecule has 1 aromatic heterocycles. The molecule has 140 valence electrons. The minimum absolute atomic E-state index is 0.0385. The molecule has 0 unspecified atom stereocenters. The minimum atomic E-state index is -0.521. The molecule has 0 radical (unpaired) electrons. The molecule has 0 saturated heterocycles. The number of hydrogen-bond donors (Lipinski definition) is 1. The summed E-state index contributed by atoms with van der Waals surface area (Å²) in [6.07, 6.45) is 0. The Bertz CT molecular complexity index is 980. The van der Waals surface area contributed by atoms with Gasteiger partial charge >= 0.3 is 0 Å². The first-order valence-electron chi connectivity index (χ1n) is 8.04. The summed E-state index contributed by atoms with van der Waals surface area (Å²) in [4.78, 5) is 12.1. The number of aromatic nitrogens is 3. The van der Waals surface area contributed by atoms with E-state index in [-0.39, 0.29) is 23.2 Å². The quantitative estimate of drug-likeness (QED) is 0.548. The zero-order chi connectivity index (χ0) is 19.4. The third kappa shape index (κ3) is 4.72. The zero-order valence-electron chi connectivity index (χ0n) is 14.2. The SMILES string of the molecule is CCn1c(SCC(=O)Nc2ccc(Br)cc2F)nnc1-c1cccc(F)c1. The molecule has 0 spiro atoms. The summed E-state index contributed by atoms with van der Waals surface area (Å²) >= 11 is 4.35. The molecule has 3 aromatic rings. The number of halogens is 3. The van der Waals surface area contributed by atoms with E-state index in [9.17, 15) is 13.6 Å². The molecule has 2 aromatic carbocycles. The monoisotopic (exact) mass is 452 g/mol. The number of carbonyl (C=O) groups is 1. The molecule has 0 aliphatic rings. The number of amides is 1. The van der Waals surface area contributed by atoms with E-state index in [1.165, 1.54) is 36.0 Å². The summed E-state index contributed by atoms with van der Waals surface area (Å²) < 4.78 is 29.7. The van der Waals surface area contributed by atoms with Crippen LogP contribution in [0.2, 0.25) is 0 Å². The van der Waals surface area contributed by atoms with Gasteiger partial charge in [0.2, 0.25) is 5.91 Å². The Morgan fingerprint density at radius 1 is 1.22 bits per heavy atom. The smallest absolute Gasteiger partial charge is 0.234 e. The third-order valence-corrected chi connectivity index (χ3v) is 5.11. The van der Waals surface area contributed by atoms with Crippen LogP contribution in [0, 0.1) is 11.6 Å². The maximum atomic E-state index is 13.8. The number of nitrogens with zero attached hydrogens (tertiary/aromatic N) is 3. The predicted molar refractivity (Wildman–Crippen MR) is 105 cm³/mol. The van der Waals surface area contributed by atoms with E-state index >= 15 is 0 Å². The highest BCUT2D eigenvalue weighted by molar-refractivity contribution is 9.10. The van der Waals surface area contributed by atoms with Crippen molar-refractivity contribution in [3.05, 3.63) is 58.6 Å². The van der Waals surface area contributed by atoms with Crippen LogP contribution in [-0.2, 0) is 11.3 Å². The Balaban J connectivity index is 1.70. The van der Waals surface area contributed by atoms with E-state index < -0.39 is 5.82 Å². The standard InChI is InChI=1S/C18H15BrF2N4OS/c1-2-25-17(11-4-3-5-13(20)8-11)23-24-18(25)27-10-16(26)22-15-7-6-12(19)9-14(15)21/h3-9H,2,10H2,1H3,(H,22,26). The Morgan fingerprint density at radius 2 is 2.04 bits per heavy atom. The Morgan fingerprint density at radius 3 is 2.74 bits per heavy atom. The predicted octanol–water partition coefficient (Wildman–Crippen LogP) is 4.74. The van der Waals surface area contributed by atoms with Gasteiger partial charge in [0.15, 0.2) is 11.0 Å². The van der Waals surface area contributed by atoms with Crippen LogP contribution in [0.25, 0.3) is 11.4 Å². The van der Waals surface area contributed by atoms with Crippen LogP contribution in [0.1, 0.15) is 6.92 Å². The summed E-state index contributed by atoms with van der Waals surface area (Å²) in [5, 5.41) is 11.3. The van der Waals surface area contributed by atoms with E-state index in [4.69, 9.17) is 0 Å². The van der Waals surface area contributed by atoms with Gasteiger partial charge in [-0.3, -0.25) is 4.79 Å². The number of carbonyl (C=O) groups excluding carboxylic acids is 1. The van der Waals surface area contributed by atoms with Crippen molar-refractivity contribution in [2.45, 2.75) is 18.6 Å². The van der Waals surface area contributed by atoms with E-state index in [0.29, 0.717) is 27.6 Å². The summed E-state index contributed by atoms with van der Waals surface area (Å²) in [6.45, 7) is 2.47. The average molecular weight is 453 g/mol. The summed E-state index contributed by atoms with van der Waals surface area (Å²) in [5.41, 5.74) is 0.721. The molecule has 9 heteroatoms. The largest absolute Gasteiger partial charge is 0.323 e. The van der Waals surface area contributed by atoms with Gasteiger partial charge in [-0.25, -0.2) is 8.78 Å². The molecule has 1 amide bonds. The normalized spacial score (nSPS) is 10.8. The topological polar surface area (TPSA) is 59.8 Å². The molecule has 0 aliphatic heterocycles. The number of nitrogens with one attached hydrogen (secondary N) is 1. The molecule has 0 aliphatic carbocycles. The molecule has 1 heterocycles. The molecule has 0 bridgehead atoms. The van der Waals surface area contributed by atoms with E-state index in [1.807, 2.05) is 6.92 Å². The lowest BCUT2D eigenvalue weighted by atomic mass is 10.2. The molecule has 27 heavy (non-hydrogen) atoms. The fourth-order valence-electron chi connectivity index (χ4n) is 2.43. The highest BCUT2D eigenvalue weighted by atomic mass is 79.9. The van der Waals surface area contributed by atoms with Crippen LogP contribution >= 0.6 is 27.7 Å². The number of thioether (sulfide) groups is 1. The number of benzene rings is 2. The maximum absolute atomic E-state index is 13.8. The van der Waals surface area contributed by atoms with Crippen molar-refractivity contribution in [1.29, 1.82) is 0 Å². The minimum Gasteiger partial charge on any atom is -0.323 e. The van der Waals surface area contributed by atoms with E-state index in [1.54, 1.807) is 22.8 Å². The second-order valence-electron chi connectivity index (χ2n) is 5.52. The first-order valence-corrected chi connectivity index (χ1v) is 9.82. The lowest BCUT2D eigenvalue weighted by molar-refractivity contribution is -0.113. The third-order valence-electron chi connectivity index (χ3n) is 3.65. The van der Waals surface area contributed by atoms with Crippen LogP contribution in [0.5, 0.6) is 0 Å². The number of anilines is 1. The molecule has 0 saturated carbocycles. The maximum Gasteiger partial charge on any atom is 0.234 e.